The smallest absolute Gasteiger partial charge is 0.169 e. The van der Waals surface area contributed by atoms with Gasteiger partial charge in [0.1, 0.15) is 5.02 Å². The van der Waals surface area contributed by atoms with Gasteiger partial charge in [0.2, 0.25) is 0 Å². The molecule has 0 bridgehead atoms. The third-order valence-electron chi connectivity index (χ3n) is 3.16. The topological polar surface area (TPSA) is 55.3 Å². The van der Waals surface area contributed by atoms with Crippen LogP contribution in [0.25, 0.3) is 0 Å². The van der Waals surface area contributed by atoms with E-state index in [2.05, 4.69) is 0 Å². The molecule has 0 atom stereocenters. The summed E-state index contributed by atoms with van der Waals surface area (Å²) < 4.78 is 14.2. The van der Waals surface area contributed by atoms with Crippen LogP contribution in [-0.2, 0) is 6.54 Å². The lowest BCUT2D eigenvalue weighted by molar-refractivity contribution is 0.624. The zero-order chi connectivity index (χ0) is 14.9. The molecule has 106 valence electrons. The fourth-order valence-electron chi connectivity index (χ4n) is 2.09. The van der Waals surface area contributed by atoms with Gasteiger partial charge >= 0.3 is 0 Å². The van der Waals surface area contributed by atoms with Gasteiger partial charge in [-0.3, -0.25) is 0 Å². The Morgan fingerprint density at radius 1 is 1.15 bits per heavy atom. The van der Waals surface area contributed by atoms with Gasteiger partial charge in [-0.1, -0.05) is 41.4 Å². The lowest BCUT2D eigenvalue weighted by Gasteiger charge is -2.23. The molecule has 2 aromatic rings. The summed E-state index contributed by atoms with van der Waals surface area (Å²) in [5, 5.41) is -0.0926. The Kier molecular flexibility index (Phi) is 4.04. The zero-order valence-electron chi connectivity index (χ0n) is 11.5. The number of nitrogens with two attached hydrogens (primary N) is 2. The minimum absolute atomic E-state index is 0.0926. The first-order chi connectivity index (χ1) is 9.40. The molecule has 0 unspecified atom stereocenters. The van der Waals surface area contributed by atoms with Gasteiger partial charge in [0.25, 0.3) is 0 Å². The molecule has 0 saturated heterocycles. The summed E-state index contributed by atoms with van der Waals surface area (Å²) in [6.45, 7) is 2.55. The SMILES string of the molecule is Cc1ccc(CN(C)c2c(N)cc(N)c(Cl)c2F)cc1. The highest BCUT2D eigenvalue weighted by molar-refractivity contribution is 6.33. The fourth-order valence-corrected chi connectivity index (χ4v) is 2.24. The molecule has 2 aromatic carbocycles. The van der Waals surface area contributed by atoms with E-state index in [0.29, 0.717) is 6.54 Å². The zero-order valence-corrected chi connectivity index (χ0v) is 12.2. The van der Waals surface area contributed by atoms with E-state index in [1.165, 1.54) is 11.6 Å². The average molecular weight is 294 g/mol. The van der Waals surface area contributed by atoms with Crippen molar-refractivity contribution in [2.24, 2.45) is 0 Å². The molecule has 0 aliphatic heterocycles. The monoisotopic (exact) mass is 293 g/mol. The van der Waals surface area contributed by atoms with Crippen LogP contribution in [0, 0.1) is 12.7 Å². The van der Waals surface area contributed by atoms with E-state index in [4.69, 9.17) is 23.1 Å². The highest BCUT2D eigenvalue weighted by Crippen LogP contribution is 2.36. The van der Waals surface area contributed by atoms with E-state index in [1.807, 2.05) is 31.2 Å². The molecule has 0 saturated carbocycles. The maximum atomic E-state index is 14.2. The van der Waals surface area contributed by atoms with Crippen molar-refractivity contribution in [3.8, 4) is 0 Å². The second-order valence-electron chi connectivity index (χ2n) is 4.87. The van der Waals surface area contributed by atoms with Gasteiger partial charge < -0.3 is 16.4 Å². The summed E-state index contributed by atoms with van der Waals surface area (Å²) in [4.78, 5) is 1.72. The molecule has 3 nitrogen and oxygen atoms in total. The molecule has 0 radical (unpaired) electrons. The second kappa shape index (κ2) is 5.59. The van der Waals surface area contributed by atoms with Gasteiger partial charge in [0, 0.05) is 13.6 Å². The number of aryl methyl sites for hydroxylation is 1. The summed E-state index contributed by atoms with van der Waals surface area (Å²) >= 11 is 5.84. The van der Waals surface area contributed by atoms with Crippen molar-refractivity contribution < 1.29 is 4.39 Å². The van der Waals surface area contributed by atoms with Crippen molar-refractivity contribution in [1.29, 1.82) is 0 Å². The number of hydrogen-bond donors (Lipinski definition) is 2. The van der Waals surface area contributed by atoms with Crippen LogP contribution in [-0.4, -0.2) is 7.05 Å². The van der Waals surface area contributed by atoms with E-state index in [9.17, 15) is 4.39 Å². The number of nitrogens with zero attached hydrogens (tertiary/aromatic N) is 1. The Morgan fingerprint density at radius 3 is 2.35 bits per heavy atom. The van der Waals surface area contributed by atoms with Crippen LogP contribution < -0.4 is 16.4 Å². The molecule has 2 rings (SSSR count). The molecule has 5 heteroatoms. The maximum Gasteiger partial charge on any atom is 0.169 e. The van der Waals surface area contributed by atoms with Gasteiger partial charge in [-0.2, -0.15) is 0 Å². The summed E-state index contributed by atoms with van der Waals surface area (Å²) in [6, 6.07) is 9.50. The molecule has 20 heavy (non-hydrogen) atoms. The Bertz CT molecular complexity index is 626. The van der Waals surface area contributed by atoms with Crippen LogP contribution >= 0.6 is 11.6 Å². The molecule has 0 aliphatic carbocycles. The summed E-state index contributed by atoms with van der Waals surface area (Å²) in [6.07, 6.45) is 0. The predicted molar refractivity (Wildman–Crippen MR) is 83.5 cm³/mol. The van der Waals surface area contributed by atoms with Crippen LogP contribution in [0.5, 0.6) is 0 Å². The highest BCUT2D eigenvalue weighted by Gasteiger charge is 2.17. The largest absolute Gasteiger partial charge is 0.397 e. The van der Waals surface area contributed by atoms with Crippen LogP contribution in [0.2, 0.25) is 5.02 Å². The average Bonchev–Trinajstić information content (AvgIpc) is 2.39. The number of nitrogen functional groups attached to an aromatic ring is 2. The molecule has 0 heterocycles. The Morgan fingerprint density at radius 2 is 1.75 bits per heavy atom. The first-order valence-corrected chi connectivity index (χ1v) is 6.57. The van der Waals surface area contributed by atoms with Crippen molar-refractivity contribution in [2.75, 3.05) is 23.4 Å². The van der Waals surface area contributed by atoms with Gasteiger partial charge in [0.15, 0.2) is 5.82 Å². The van der Waals surface area contributed by atoms with Gasteiger partial charge in [-0.25, -0.2) is 4.39 Å². The molecular weight excluding hydrogens is 277 g/mol. The lowest BCUT2D eigenvalue weighted by atomic mass is 10.1. The predicted octanol–water partition coefficient (Wildman–Crippen LogP) is 3.59. The molecular formula is C15H17ClFN3. The highest BCUT2D eigenvalue weighted by atomic mass is 35.5. The van der Waals surface area contributed by atoms with Crippen molar-refractivity contribution in [1.82, 2.24) is 0 Å². The summed E-state index contributed by atoms with van der Waals surface area (Å²) in [5.41, 5.74) is 14.4. The minimum atomic E-state index is -0.584. The van der Waals surface area contributed by atoms with E-state index in [-0.39, 0.29) is 22.1 Å². The molecule has 4 N–H and O–H groups in total. The van der Waals surface area contributed by atoms with Crippen molar-refractivity contribution in [3.63, 3.8) is 0 Å². The van der Waals surface area contributed by atoms with E-state index in [0.717, 1.165) is 5.56 Å². The third kappa shape index (κ3) is 2.80. The molecule has 0 amide bonds. The third-order valence-corrected chi connectivity index (χ3v) is 3.54. The number of anilines is 3. The normalized spacial score (nSPS) is 10.6. The number of benzene rings is 2. The van der Waals surface area contributed by atoms with Crippen molar-refractivity contribution in [2.45, 2.75) is 13.5 Å². The molecule has 0 fully saturated rings. The molecule has 0 aromatic heterocycles. The standard InChI is InChI=1S/C15H17ClFN3/c1-9-3-5-10(6-4-9)8-20(2)15-12(19)7-11(18)13(16)14(15)17/h3-7H,8,18-19H2,1-2H3. The Labute approximate surface area is 122 Å². The number of hydrogen-bond acceptors (Lipinski definition) is 3. The van der Waals surface area contributed by atoms with Crippen LogP contribution in [0.4, 0.5) is 21.5 Å². The van der Waals surface area contributed by atoms with Gasteiger partial charge in [-0.05, 0) is 18.6 Å². The van der Waals surface area contributed by atoms with Gasteiger partial charge in [-0.15, -0.1) is 0 Å². The second-order valence-corrected chi connectivity index (χ2v) is 5.25. The summed E-state index contributed by atoms with van der Waals surface area (Å²) in [7, 11) is 1.77. The van der Waals surface area contributed by atoms with Crippen LogP contribution in [0.3, 0.4) is 0 Å². The number of rotatable bonds is 3. The Hall–Kier alpha value is -1.94. The van der Waals surface area contributed by atoms with E-state index >= 15 is 0 Å². The van der Waals surface area contributed by atoms with E-state index in [1.54, 1.807) is 11.9 Å². The molecule has 0 aliphatic rings. The lowest BCUT2D eigenvalue weighted by Crippen LogP contribution is -2.19. The van der Waals surface area contributed by atoms with E-state index < -0.39 is 5.82 Å². The minimum Gasteiger partial charge on any atom is -0.397 e. The quantitative estimate of drug-likeness (QED) is 0.850. The van der Waals surface area contributed by atoms with Crippen molar-refractivity contribution in [3.05, 3.63) is 52.3 Å². The number of halogens is 2. The Balaban J connectivity index is 2.32. The van der Waals surface area contributed by atoms with Crippen LogP contribution in [0.15, 0.2) is 30.3 Å². The maximum absolute atomic E-state index is 14.2. The summed E-state index contributed by atoms with van der Waals surface area (Å²) in [5.74, 6) is -0.584. The van der Waals surface area contributed by atoms with Gasteiger partial charge in [0.05, 0.1) is 17.1 Å². The first-order valence-electron chi connectivity index (χ1n) is 6.19. The van der Waals surface area contributed by atoms with Crippen molar-refractivity contribution >= 4 is 28.7 Å². The van der Waals surface area contributed by atoms with Crippen LogP contribution in [0.1, 0.15) is 11.1 Å². The first kappa shape index (κ1) is 14.5. The molecule has 0 spiro atoms. The fraction of sp³-hybridized carbons (Fsp3) is 0.200.